The molecule has 0 amide bonds. The second-order valence-electron chi connectivity index (χ2n) is 5.40. The standard InChI is InChI=1S/C15H18Cl2N2/c1-10(11-3-2-4-11)19-14-6-5-12(17)9-13(14)18-15(19)7-8-16/h5-6,9-11H,2-4,7-8H2,1H3. The molecule has 1 aliphatic carbocycles. The number of nitrogens with zero attached hydrogens (tertiary/aromatic N) is 2. The minimum absolute atomic E-state index is 0.498. The van der Waals surface area contributed by atoms with Crippen molar-refractivity contribution in [2.24, 2.45) is 5.92 Å². The highest BCUT2D eigenvalue weighted by atomic mass is 35.5. The van der Waals surface area contributed by atoms with Gasteiger partial charge >= 0.3 is 0 Å². The molecule has 3 rings (SSSR count). The monoisotopic (exact) mass is 296 g/mol. The van der Waals surface area contributed by atoms with Gasteiger partial charge in [0.25, 0.3) is 0 Å². The van der Waals surface area contributed by atoms with Gasteiger partial charge < -0.3 is 4.57 Å². The molecule has 1 atom stereocenters. The molecule has 1 unspecified atom stereocenters. The normalized spacial score (nSPS) is 17.6. The Morgan fingerprint density at radius 1 is 1.42 bits per heavy atom. The van der Waals surface area contributed by atoms with E-state index >= 15 is 0 Å². The van der Waals surface area contributed by atoms with Gasteiger partial charge in [-0.3, -0.25) is 0 Å². The van der Waals surface area contributed by atoms with Gasteiger partial charge in [0.1, 0.15) is 5.82 Å². The molecule has 0 N–H and O–H groups in total. The lowest BCUT2D eigenvalue weighted by Crippen LogP contribution is -2.24. The fraction of sp³-hybridized carbons (Fsp3) is 0.533. The number of benzene rings is 1. The van der Waals surface area contributed by atoms with E-state index in [1.54, 1.807) is 0 Å². The summed E-state index contributed by atoms with van der Waals surface area (Å²) < 4.78 is 2.37. The predicted molar refractivity (Wildman–Crippen MR) is 81.2 cm³/mol. The van der Waals surface area contributed by atoms with E-state index in [4.69, 9.17) is 28.2 Å². The van der Waals surface area contributed by atoms with Crippen LogP contribution in [0.1, 0.15) is 38.1 Å². The second kappa shape index (κ2) is 5.34. The van der Waals surface area contributed by atoms with Crippen LogP contribution in [0.25, 0.3) is 11.0 Å². The zero-order valence-electron chi connectivity index (χ0n) is 11.1. The molecular weight excluding hydrogens is 279 g/mol. The summed E-state index contributed by atoms with van der Waals surface area (Å²) in [6.45, 7) is 2.30. The minimum Gasteiger partial charge on any atom is -0.325 e. The van der Waals surface area contributed by atoms with E-state index in [0.717, 1.165) is 28.7 Å². The summed E-state index contributed by atoms with van der Waals surface area (Å²) in [7, 11) is 0. The van der Waals surface area contributed by atoms with Crippen molar-refractivity contribution in [2.75, 3.05) is 5.88 Å². The zero-order chi connectivity index (χ0) is 13.4. The number of aryl methyl sites for hydroxylation is 1. The van der Waals surface area contributed by atoms with E-state index in [9.17, 15) is 0 Å². The van der Waals surface area contributed by atoms with E-state index in [0.29, 0.717) is 11.9 Å². The van der Waals surface area contributed by atoms with Crippen molar-refractivity contribution >= 4 is 34.2 Å². The Labute approximate surface area is 123 Å². The Hall–Kier alpha value is -0.730. The van der Waals surface area contributed by atoms with Crippen LogP contribution in [-0.4, -0.2) is 15.4 Å². The van der Waals surface area contributed by atoms with Gasteiger partial charge in [0.05, 0.1) is 11.0 Å². The van der Waals surface area contributed by atoms with Crippen molar-refractivity contribution in [3.63, 3.8) is 0 Å². The van der Waals surface area contributed by atoms with Gasteiger partial charge in [0, 0.05) is 23.4 Å². The molecule has 2 aromatic rings. The van der Waals surface area contributed by atoms with Crippen LogP contribution in [0, 0.1) is 5.92 Å². The molecule has 102 valence electrons. The number of aromatic nitrogens is 2. The Bertz CT molecular complexity index is 587. The molecule has 19 heavy (non-hydrogen) atoms. The van der Waals surface area contributed by atoms with Gasteiger partial charge in [-0.1, -0.05) is 18.0 Å². The number of halogens is 2. The number of imidazole rings is 1. The summed E-state index contributed by atoms with van der Waals surface area (Å²) in [5.41, 5.74) is 2.17. The minimum atomic E-state index is 0.498. The molecule has 1 aromatic heterocycles. The molecule has 0 spiro atoms. The molecule has 0 radical (unpaired) electrons. The first kappa shape index (κ1) is 13.3. The first-order valence-corrected chi connectivity index (χ1v) is 7.84. The molecule has 0 bridgehead atoms. The quantitative estimate of drug-likeness (QED) is 0.739. The summed E-state index contributed by atoms with van der Waals surface area (Å²) in [4.78, 5) is 4.72. The highest BCUT2D eigenvalue weighted by Crippen LogP contribution is 2.38. The third-order valence-corrected chi connectivity index (χ3v) is 4.71. The first-order chi connectivity index (χ1) is 9.20. The highest BCUT2D eigenvalue weighted by Gasteiger charge is 2.27. The molecule has 1 aromatic carbocycles. The molecule has 0 saturated heterocycles. The second-order valence-corrected chi connectivity index (χ2v) is 6.22. The fourth-order valence-electron chi connectivity index (χ4n) is 2.97. The van der Waals surface area contributed by atoms with Crippen LogP contribution in [0.3, 0.4) is 0 Å². The average Bonchev–Trinajstić information content (AvgIpc) is 2.64. The average molecular weight is 297 g/mol. The third kappa shape index (κ3) is 2.36. The van der Waals surface area contributed by atoms with Crippen molar-refractivity contribution in [3.05, 3.63) is 29.0 Å². The molecule has 2 nitrogen and oxygen atoms in total. The van der Waals surface area contributed by atoms with Gasteiger partial charge in [0.15, 0.2) is 0 Å². The SMILES string of the molecule is CC(C1CCC1)n1c(CCCl)nc2cc(Cl)ccc21. The fourth-order valence-corrected chi connectivity index (χ4v) is 3.31. The van der Waals surface area contributed by atoms with Crippen LogP contribution in [0.15, 0.2) is 18.2 Å². The van der Waals surface area contributed by atoms with Gasteiger partial charge in [-0.15, -0.1) is 11.6 Å². The molecular formula is C15H18Cl2N2. The van der Waals surface area contributed by atoms with Crippen LogP contribution >= 0.6 is 23.2 Å². The lowest BCUT2D eigenvalue weighted by molar-refractivity contribution is 0.223. The Kier molecular flexibility index (Phi) is 3.72. The molecule has 1 fully saturated rings. The van der Waals surface area contributed by atoms with E-state index in [2.05, 4.69) is 17.6 Å². The van der Waals surface area contributed by atoms with E-state index in [-0.39, 0.29) is 0 Å². The van der Waals surface area contributed by atoms with Crippen molar-refractivity contribution in [1.82, 2.24) is 9.55 Å². The van der Waals surface area contributed by atoms with Crippen molar-refractivity contribution < 1.29 is 0 Å². The Morgan fingerprint density at radius 3 is 2.84 bits per heavy atom. The van der Waals surface area contributed by atoms with Crippen LogP contribution in [0.4, 0.5) is 0 Å². The van der Waals surface area contributed by atoms with E-state index in [1.165, 1.54) is 24.8 Å². The number of alkyl halides is 1. The van der Waals surface area contributed by atoms with Crippen LogP contribution < -0.4 is 0 Å². The summed E-state index contributed by atoms with van der Waals surface area (Å²) >= 11 is 12.0. The van der Waals surface area contributed by atoms with Gasteiger partial charge in [-0.05, 0) is 43.9 Å². The summed E-state index contributed by atoms with van der Waals surface area (Å²) in [6.07, 6.45) is 4.83. The van der Waals surface area contributed by atoms with Crippen LogP contribution in [0.2, 0.25) is 5.02 Å². The number of hydrogen-bond donors (Lipinski definition) is 0. The topological polar surface area (TPSA) is 17.8 Å². The van der Waals surface area contributed by atoms with Crippen LogP contribution in [-0.2, 0) is 6.42 Å². The van der Waals surface area contributed by atoms with E-state index in [1.807, 2.05) is 12.1 Å². The van der Waals surface area contributed by atoms with Gasteiger partial charge in [-0.25, -0.2) is 4.98 Å². The molecule has 4 heteroatoms. The number of hydrogen-bond acceptors (Lipinski definition) is 1. The lowest BCUT2D eigenvalue weighted by atomic mass is 9.80. The van der Waals surface area contributed by atoms with Crippen molar-refractivity contribution in [2.45, 2.75) is 38.6 Å². The van der Waals surface area contributed by atoms with Crippen molar-refractivity contribution in [1.29, 1.82) is 0 Å². The largest absolute Gasteiger partial charge is 0.325 e. The molecule has 0 aliphatic heterocycles. The molecule has 1 aliphatic rings. The molecule has 1 heterocycles. The van der Waals surface area contributed by atoms with Gasteiger partial charge in [-0.2, -0.15) is 0 Å². The Balaban J connectivity index is 2.09. The molecule has 1 saturated carbocycles. The van der Waals surface area contributed by atoms with Gasteiger partial charge in [0.2, 0.25) is 0 Å². The number of fused-ring (bicyclic) bond motifs is 1. The summed E-state index contributed by atoms with van der Waals surface area (Å²) in [6, 6.07) is 6.47. The summed E-state index contributed by atoms with van der Waals surface area (Å²) in [5.74, 6) is 2.47. The zero-order valence-corrected chi connectivity index (χ0v) is 12.6. The maximum absolute atomic E-state index is 6.06. The maximum Gasteiger partial charge on any atom is 0.111 e. The number of rotatable bonds is 4. The third-order valence-electron chi connectivity index (χ3n) is 4.28. The van der Waals surface area contributed by atoms with Crippen LogP contribution in [0.5, 0.6) is 0 Å². The predicted octanol–water partition coefficient (Wildman–Crippen LogP) is 4.83. The lowest BCUT2D eigenvalue weighted by Gasteiger charge is -2.33. The summed E-state index contributed by atoms with van der Waals surface area (Å²) in [5, 5.41) is 0.742. The maximum atomic E-state index is 6.06. The van der Waals surface area contributed by atoms with E-state index < -0.39 is 0 Å². The van der Waals surface area contributed by atoms with Crippen molar-refractivity contribution in [3.8, 4) is 0 Å². The highest BCUT2D eigenvalue weighted by molar-refractivity contribution is 6.31. The smallest absolute Gasteiger partial charge is 0.111 e. The Morgan fingerprint density at radius 2 is 2.21 bits per heavy atom. The first-order valence-electron chi connectivity index (χ1n) is 6.93.